The summed E-state index contributed by atoms with van der Waals surface area (Å²) in [6.07, 6.45) is 1.39. The summed E-state index contributed by atoms with van der Waals surface area (Å²) >= 11 is 0. The average molecular weight is 296 g/mol. The van der Waals surface area contributed by atoms with Crippen LogP contribution in [0.2, 0.25) is 0 Å². The highest BCUT2D eigenvalue weighted by Gasteiger charge is 2.23. The van der Waals surface area contributed by atoms with Gasteiger partial charge < -0.3 is 19.3 Å². The van der Waals surface area contributed by atoms with Gasteiger partial charge in [0.2, 0.25) is 0 Å². The normalized spacial score (nSPS) is 11.3. The molecular weight excluding hydrogens is 276 g/mol. The van der Waals surface area contributed by atoms with Crippen LogP contribution in [0.4, 0.5) is 0 Å². The predicted octanol–water partition coefficient (Wildman–Crippen LogP) is 0.933. The van der Waals surface area contributed by atoms with E-state index in [4.69, 9.17) is 14.2 Å². The van der Waals surface area contributed by atoms with E-state index < -0.39 is 11.5 Å². The Hall–Kier alpha value is -2.28. The minimum atomic E-state index is -1.50. The molecule has 0 radical (unpaired) electrons. The monoisotopic (exact) mass is 296 g/mol. The highest BCUT2D eigenvalue weighted by Crippen LogP contribution is 2.33. The van der Waals surface area contributed by atoms with Gasteiger partial charge in [0.15, 0.2) is 11.5 Å². The van der Waals surface area contributed by atoms with Crippen molar-refractivity contribution in [2.24, 2.45) is 5.10 Å². The van der Waals surface area contributed by atoms with Crippen LogP contribution < -0.4 is 19.6 Å². The summed E-state index contributed by atoms with van der Waals surface area (Å²) in [6, 6.07) is 3.31. The third-order valence-electron chi connectivity index (χ3n) is 2.66. The van der Waals surface area contributed by atoms with Gasteiger partial charge in [0.25, 0.3) is 5.91 Å². The smallest absolute Gasteiger partial charge is 0.271 e. The van der Waals surface area contributed by atoms with Crippen molar-refractivity contribution in [3.63, 3.8) is 0 Å². The number of nitrogens with zero attached hydrogens (tertiary/aromatic N) is 1. The molecule has 2 N–H and O–H groups in total. The maximum Gasteiger partial charge on any atom is 0.271 e. The van der Waals surface area contributed by atoms with Gasteiger partial charge in [-0.1, -0.05) is 0 Å². The van der Waals surface area contributed by atoms with Crippen LogP contribution in [-0.4, -0.2) is 44.2 Å². The molecule has 1 aromatic rings. The van der Waals surface area contributed by atoms with Gasteiger partial charge in [-0.3, -0.25) is 4.79 Å². The van der Waals surface area contributed by atoms with Crippen molar-refractivity contribution < 1.29 is 24.1 Å². The van der Waals surface area contributed by atoms with Crippen molar-refractivity contribution in [2.75, 3.05) is 21.3 Å². The lowest BCUT2D eigenvalue weighted by atomic mass is 10.1. The largest absolute Gasteiger partial charge is 0.496 e. The van der Waals surface area contributed by atoms with E-state index in [2.05, 4.69) is 10.5 Å². The number of methoxy groups -OCH3 is 3. The Morgan fingerprint density at radius 1 is 1.14 bits per heavy atom. The van der Waals surface area contributed by atoms with E-state index in [1.165, 1.54) is 41.4 Å². The SMILES string of the molecule is COc1cc(OC)c(OC)cc1/C=N\NC(=O)C(C)(C)O. The second-order valence-electron chi connectivity index (χ2n) is 4.71. The number of amides is 1. The van der Waals surface area contributed by atoms with Crippen molar-refractivity contribution in [3.05, 3.63) is 17.7 Å². The Bertz CT molecular complexity index is 535. The molecule has 0 saturated heterocycles. The molecule has 7 heteroatoms. The summed E-state index contributed by atoms with van der Waals surface area (Å²) in [5.41, 5.74) is 1.33. The summed E-state index contributed by atoms with van der Waals surface area (Å²) in [7, 11) is 4.55. The zero-order valence-electron chi connectivity index (χ0n) is 12.8. The molecule has 0 aromatic heterocycles. The van der Waals surface area contributed by atoms with E-state index in [1.807, 2.05) is 0 Å². The Balaban J connectivity index is 2.99. The number of hydrogen-bond donors (Lipinski definition) is 2. The second kappa shape index (κ2) is 6.94. The van der Waals surface area contributed by atoms with E-state index in [9.17, 15) is 9.90 Å². The minimum absolute atomic E-state index is 0.508. The van der Waals surface area contributed by atoms with Crippen molar-refractivity contribution in [1.29, 1.82) is 0 Å². The summed E-state index contributed by atoms with van der Waals surface area (Å²) in [5, 5.41) is 13.3. The zero-order valence-corrected chi connectivity index (χ0v) is 12.8. The Morgan fingerprint density at radius 3 is 2.14 bits per heavy atom. The fraction of sp³-hybridized carbons (Fsp3) is 0.429. The maximum atomic E-state index is 11.5. The third kappa shape index (κ3) is 4.35. The molecule has 1 aromatic carbocycles. The lowest BCUT2D eigenvalue weighted by Crippen LogP contribution is -2.39. The quantitative estimate of drug-likeness (QED) is 0.602. The number of aliphatic hydroxyl groups is 1. The van der Waals surface area contributed by atoms with Gasteiger partial charge in [0, 0.05) is 11.6 Å². The first-order valence-electron chi connectivity index (χ1n) is 6.19. The number of hydrazone groups is 1. The molecule has 1 rings (SSSR count). The average Bonchev–Trinajstić information content (AvgIpc) is 2.45. The summed E-state index contributed by atoms with van der Waals surface area (Å²) in [5.74, 6) is 0.924. The van der Waals surface area contributed by atoms with Crippen LogP contribution in [0, 0.1) is 0 Å². The van der Waals surface area contributed by atoms with Gasteiger partial charge in [-0.05, 0) is 19.9 Å². The molecule has 0 saturated carbocycles. The first kappa shape index (κ1) is 16.8. The highest BCUT2D eigenvalue weighted by molar-refractivity contribution is 5.88. The molecule has 0 aliphatic rings. The van der Waals surface area contributed by atoms with E-state index >= 15 is 0 Å². The van der Waals surface area contributed by atoms with Gasteiger partial charge in [-0.2, -0.15) is 5.10 Å². The summed E-state index contributed by atoms with van der Waals surface area (Å²) in [6.45, 7) is 2.74. The fourth-order valence-corrected chi connectivity index (χ4v) is 1.45. The first-order valence-corrected chi connectivity index (χ1v) is 6.19. The van der Waals surface area contributed by atoms with Crippen LogP contribution in [-0.2, 0) is 4.79 Å². The van der Waals surface area contributed by atoms with Crippen LogP contribution in [0.25, 0.3) is 0 Å². The summed E-state index contributed by atoms with van der Waals surface area (Å²) in [4.78, 5) is 11.5. The topological polar surface area (TPSA) is 89.4 Å². The number of hydrogen-bond acceptors (Lipinski definition) is 6. The Labute approximate surface area is 123 Å². The second-order valence-corrected chi connectivity index (χ2v) is 4.71. The van der Waals surface area contributed by atoms with E-state index in [1.54, 1.807) is 12.1 Å². The molecule has 116 valence electrons. The van der Waals surface area contributed by atoms with Gasteiger partial charge in [-0.15, -0.1) is 0 Å². The van der Waals surface area contributed by atoms with Crippen LogP contribution in [0.1, 0.15) is 19.4 Å². The van der Waals surface area contributed by atoms with Crippen LogP contribution in [0.15, 0.2) is 17.2 Å². The van der Waals surface area contributed by atoms with Gasteiger partial charge in [0.05, 0.1) is 27.5 Å². The van der Waals surface area contributed by atoms with E-state index in [-0.39, 0.29) is 0 Å². The number of nitrogens with one attached hydrogen (secondary N) is 1. The Morgan fingerprint density at radius 2 is 1.67 bits per heavy atom. The molecule has 0 atom stereocenters. The fourth-order valence-electron chi connectivity index (χ4n) is 1.45. The zero-order chi connectivity index (χ0) is 16.0. The molecule has 0 unspecified atom stereocenters. The first-order chi connectivity index (χ1) is 9.83. The third-order valence-corrected chi connectivity index (χ3v) is 2.66. The molecule has 1 amide bonds. The van der Waals surface area contributed by atoms with Crippen molar-refractivity contribution in [2.45, 2.75) is 19.4 Å². The molecule has 7 nitrogen and oxygen atoms in total. The van der Waals surface area contributed by atoms with Crippen molar-refractivity contribution >= 4 is 12.1 Å². The van der Waals surface area contributed by atoms with Crippen LogP contribution >= 0.6 is 0 Å². The van der Waals surface area contributed by atoms with Crippen LogP contribution in [0.3, 0.4) is 0 Å². The maximum absolute atomic E-state index is 11.5. The highest BCUT2D eigenvalue weighted by atomic mass is 16.5. The molecule has 0 heterocycles. The van der Waals surface area contributed by atoms with Crippen LogP contribution in [0.5, 0.6) is 17.2 Å². The number of carbonyl (C=O) groups excluding carboxylic acids is 1. The molecule has 0 aliphatic carbocycles. The standard InChI is InChI=1S/C14H20N2O5/c1-14(2,18)13(17)16-15-8-9-6-11(20-4)12(21-5)7-10(9)19-3/h6-8,18H,1-5H3,(H,16,17)/b15-8-. The Kier molecular flexibility index (Phi) is 5.54. The van der Waals surface area contributed by atoms with E-state index in [0.29, 0.717) is 22.8 Å². The molecule has 0 spiro atoms. The van der Waals surface area contributed by atoms with E-state index in [0.717, 1.165) is 0 Å². The van der Waals surface area contributed by atoms with Crippen molar-refractivity contribution in [3.8, 4) is 17.2 Å². The number of carbonyl (C=O) groups is 1. The van der Waals surface area contributed by atoms with Crippen molar-refractivity contribution in [1.82, 2.24) is 5.43 Å². The predicted molar refractivity (Wildman–Crippen MR) is 78.1 cm³/mol. The lowest BCUT2D eigenvalue weighted by Gasteiger charge is -2.14. The number of ether oxygens (including phenoxy) is 3. The summed E-state index contributed by atoms with van der Waals surface area (Å²) < 4.78 is 15.6. The number of benzene rings is 1. The minimum Gasteiger partial charge on any atom is -0.496 e. The molecule has 0 bridgehead atoms. The molecule has 21 heavy (non-hydrogen) atoms. The van der Waals surface area contributed by atoms with Gasteiger partial charge in [0.1, 0.15) is 11.4 Å². The van der Waals surface area contributed by atoms with Gasteiger partial charge >= 0.3 is 0 Å². The number of rotatable bonds is 6. The van der Waals surface area contributed by atoms with Gasteiger partial charge in [-0.25, -0.2) is 5.43 Å². The molecule has 0 aliphatic heterocycles. The molecular formula is C14H20N2O5. The lowest BCUT2D eigenvalue weighted by molar-refractivity contribution is -0.136. The molecule has 0 fully saturated rings.